The first kappa shape index (κ1) is 18.5. The molecule has 1 N–H and O–H groups in total. The number of benzene rings is 1. The summed E-state index contributed by atoms with van der Waals surface area (Å²) >= 11 is 0. The maximum Gasteiger partial charge on any atom is 0.198 e. The summed E-state index contributed by atoms with van der Waals surface area (Å²) in [6.45, 7) is 5.64. The Morgan fingerprint density at radius 3 is 2.57 bits per heavy atom. The van der Waals surface area contributed by atoms with Crippen LogP contribution in [0.2, 0.25) is 0 Å². The topological polar surface area (TPSA) is 30.9 Å². The minimum Gasteiger partial charge on any atom is -0.355 e. The molecule has 0 radical (unpaired) electrons. The predicted molar refractivity (Wildman–Crippen MR) is 109 cm³/mol. The van der Waals surface area contributed by atoms with E-state index in [1.807, 2.05) is 7.05 Å². The zero-order valence-corrected chi connectivity index (χ0v) is 16.5. The first-order valence-corrected chi connectivity index (χ1v) is 8.67. The second-order valence-electron chi connectivity index (χ2n) is 6.26. The molecule has 1 aromatic carbocycles. The monoisotopic (exact) mass is 428 g/mol. The van der Waals surface area contributed by atoms with Gasteiger partial charge in [-0.15, -0.1) is 24.0 Å². The normalized spacial score (nSPS) is 19.0. The predicted octanol–water partition coefficient (Wildman–Crippen LogP) is 3.12. The quantitative estimate of drug-likeness (QED) is 0.456. The Bertz CT molecular complexity index is 509. The molecule has 3 rings (SSSR count). The summed E-state index contributed by atoms with van der Waals surface area (Å²) in [4.78, 5) is 9.39. The van der Waals surface area contributed by atoms with Crippen molar-refractivity contribution in [2.24, 2.45) is 4.99 Å². The lowest BCUT2D eigenvalue weighted by atomic mass is 10.2. The van der Waals surface area contributed by atoms with Gasteiger partial charge >= 0.3 is 0 Å². The summed E-state index contributed by atoms with van der Waals surface area (Å²) in [7, 11) is 1.88. The third-order valence-electron chi connectivity index (χ3n) is 4.76. The number of hydrogen-bond donors (Lipinski definition) is 1. The van der Waals surface area contributed by atoms with Crippen molar-refractivity contribution in [2.45, 2.75) is 32.1 Å². The number of fused-ring (bicyclic) bond motifs is 1. The molecule has 0 bridgehead atoms. The number of nitrogens with zero attached hydrogens (tertiary/aromatic N) is 3. The van der Waals surface area contributed by atoms with E-state index in [1.165, 1.54) is 50.0 Å². The Hall–Kier alpha value is -0.820. The van der Waals surface area contributed by atoms with Crippen LogP contribution in [0.25, 0.3) is 0 Å². The molecular formula is C18H29IN4. The number of halogens is 1. The van der Waals surface area contributed by atoms with Crippen LogP contribution in [-0.4, -0.2) is 50.6 Å². The van der Waals surface area contributed by atoms with Crippen molar-refractivity contribution in [1.82, 2.24) is 10.2 Å². The first-order valence-electron chi connectivity index (χ1n) is 8.67. The van der Waals surface area contributed by atoms with Crippen LogP contribution in [0.1, 0.15) is 31.2 Å². The minimum absolute atomic E-state index is 0. The number of aliphatic imine (C=N–C) groups is 1. The molecule has 2 aliphatic heterocycles. The lowest BCUT2D eigenvalue weighted by Crippen LogP contribution is -2.44. The van der Waals surface area contributed by atoms with E-state index in [9.17, 15) is 0 Å². The Morgan fingerprint density at radius 2 is 1.83 bits per heavy atom. The maximum absolute atomic E-state index is 4.48. The third kappa shape index (κ3) is 4.83. The van der Waals surface area contributed by atoms with Crippen LogP contribution in [0.4, 0.5) is 5.69 Å². The summed E-state index contributed by atoms with van der Waals surface area (Å²) in [6, 6.07) is 8.66. The van der Waals surface area contributed by atoms with Crippen LogP contribution in [0.15, 0.2) is 29.3 Å². The molecule has 0 aliphatic carbocycles. The zero-order valence-electron chi connectivity index (χ0n) is 14.1. The van der Waals surface area contributed by atoms with Gasteiger partial charge in [0.1, 0.15) is 0 Å². The molecule has 0 spiro atoms. The lowest BCUT2D eigenvalue weighted by Gasteiger charge is -2.24. The maximum atomic E-state index is 4.48. The number of hydrogen-bond acceptors (Lipinski definition) is 2. The van der Waals surface area contributed by atoms with Crippen LogP contribution in [-0.2, 0) is 6.42 Å². The summed E-state index contributed by atoms with van der Waals surface area (Å²) in [5.41, 5.74) is 2.74. The highest BCUT2D eigenvalue weighted by atomic mass is 127. The molecule has 1 saturated heterocycles. The van der Waals surface area contributed by atoms with Gasteiger partial charge in [0.05, 0.1) is 0 Å². The number of guanidine groups is 1. The number of nitrogens with one attached hydrogen (secondary N) is 1. The van der Waals surface area contributed by atoms with Crippen molar-refractivity contribution in [1.29, 1.82) is 0 Å². The number of rotatable bonds is 3. The fraction of sp³-hybridized carbons (Fsp3) is 0.611. The summed E-state index contributed by atoms with van der Waals surface area (Å²) in [6.07, 6.45) is 6.62. The van der Waals surface area contributed by atoms with Gasteiger partial charge in [0.2, 0.25) is 0 Å². The molecule has 1 fully saturated rings. The van der Waals surface area contributed by atoms with Crippen molar-refractivity contribution >= 4 is 35.6 Å². The van der Waals surface area contributed by atoms with Crippen LogP contribution in [0.3, 0.4) is 0 Å². The summed E-state index contributed by atoms with van der Waals surface area (Å²) in [5.74, 6) is 1.01. The molecule has 5 heteroatoms. The molecule has 1 aromatic rings. The van der Waals surface area contributed by atoms with E-state index in [-0.39, 0.29) is 24.0 Å². The highest BCUT2D eigenvalue weighted by molar-refractivity contribution is 14.0. The Morgan fingerprint density at radius 1 is 1.09 bits per heavy atom. The number of para-hydroxylation sites is 1. The molecule has 2 heterocycles. The minimum atomic E-state index is 0. The Kier molecular flexibility index (Phi) is 7.62. The van der Waals surface area contributed by atoms with Crippen LogP contribution >= 0.6 is 24.0 Å². The Balaban J connectivity index is 0.00000192. The summed E-state index contributed by atoms with van der Waals surface area (Å²) < 4.78 is 0. The van der Waals surface area contributed by atoms with Gasteiger partial charge in [-0.1, -0.05) is 31.0 Å². The van der Waals surface area contributed by atoms with Gasteiger partial charge in [0.25, 0.3) is 0 Å². The number of likely N-dealkylation sites (tertiary alicyclic amines) is 1. The Labute approximate surface area is 157 Å². The fourth-order valence-corrected chi connectivity index (χ4v) is 3.54. The van der Waals surface area contributed by atoms with Crippen molar-refractivity contribution in [2.75, 3.05) is 44.7 Å². The van der Waals surface area contributed by atoms with Gasteiger partial charge in [0.15, 0.2) is 5.96 Å². The van der Waals surface area contributed by atoms with E-state index < -0.39 is 0 Å². The van der Waals surface area contributed by atoms with Gasteiger partial charge in [-0.3, -0.25) is 4.99 Å². The van der Waals surface area contributed by atoms with Gasteiger partial charge in [-0.2, -0.15) is 0 Å². The number of anilines is 1. The second kappa shape index (κ2) is 9.47. The van der Waals surface area contributed by atoms with E-state index in [1.54, 1.807) is 0 Å². The smallest absolute Gasteiger partial charge is 0.198 e. The van der Waals surface area contributed by atoms with Gasteiger partial charge in [-0.25, -0.2) is 0 Å². The second-order valence-corrected chi connectivity index (χ2v) is 6.26. The molecule has 0 amide bonds. The fourth-order valence-electron chi connectivity index (χ4n) is 3.54. The average molecular weight is 428 g/mol. The molecule has 23 heavy (non-hydrogen) atoms. The molecule has 0 aromatic heterocycles. The van der Waals surface area contributed by atoms with Crippen molar-refractivity contribution in [3.05, 3.63) is 29.8 Å². The molecule has 128 valence electrons. The van der Waals surface area contributed by atoms with Crippen LogP contribution in [0, 0.1) is 0 Å². The molecule has 0 atom stereocenters. The SMILES string of the molecule is CN=C(NCCN1CCCCCC1)N1CCc2ccccc21.I. The van der Waals surface area contributed by atoms with Gasteiger partial charge in [-0.05, 0) is 44.0 Å². The van der Waals surface area contributed by atoms with E-state index in [0.717, 1.165) is 32.0 Å². The van der Waals surface area contributed by atoms with Crippen molar-refractivity contribution in [3.8, 4) is 0 Å². The van der Waals surface area contributed by atoms with Crippen LogP contribution < -0.4 is 10.2 Å². The third-order valence-corrected chi connectivity index (χ3v) is 4.76. The molecular weight excluding hydrogens is 399 g/mol. The standard InChI is InChI=1S/C18H28N4.HI/c1-19-18(20-11-15-21-12-6-2-3-7-13-21)22-14-10-16-8-4-5-9-17(16)22;/h4-5,8-9H,2-3,6-7,10-15H2,1H3,(H,19,20);1H. The van der Waals surface area contributed by atoms with E-state index >= 15 is 0 Å². The lowest BCUT2D eigenvalue weighted by molar-refractivity contribution is 0.289. The highest BCUT2D eigenvalue weighted by Gasteiger charge is 2.22. The largest absolute Gasteiger partial charge is 0.355 e. The van der Waals surface area contributed by atoms with Crippen molar-refractivity contribution < 1.29 is 0 Å². The molecule has 0 unspecified atom stereocenters. The van der Waals surface area contributed by atoms with E-state index in [0.29, 0.717) is 0 Å². The van der Waals surface area contributed by atoms with E-state index in [4.69, 9.17) is 0 Å². The first-order chi connectivity index (χ1) is 10.9. The molecule has 4 nitrogen and oxygen atoms in total. The summed E-state index contributed by atoms with van der Waals surface area (Å²) in [5, 5.41) is 3.55. The van der Waals surface area contributed by atoms with Crippen molar-refractivity contribution in [3.63, 3.8) is 0 Å². The van der Waals surface area contributed by atoms with Crippen LogP contribution in [0.5, 0.6) is 0 Å². The van der Waals surface area contributed by atoms with E-state index in [2.05, 4.69) is 44.4 Å². The zero-order chi connectivity index (χ0) is 15.2. The molecule has 0 saturated carbocycles. The highest BCUT2D eigenvalue weighted by Crippen LogP contribution is 2.27. The average Bonchev–Trinajstić information content (AvgIpc) is 2.80. The van der Waals surface area contributed by atoms with Gasteiger partial charge in [0, 0.05) is 32.4 Å². The van der Waals surface area contributed by atoms with Gasteiger partial charge < -0.3 is 15.1 Å². The molecule has 2 aliphatic rings.